The molecule has 1 atom stereocenters. The molecule has 0 aromatic carbocycles. The summed E-state index contributed by atoms with van der Waals surface area (Å²) in [5.74, 6) is 0.945. The largest absolute Gasteiger partial charge is 0.314 e. The fourth-order valence-electron chi connectivity index (χ4n) is 2.77. The van der Waals surface area contributed by atoms with Crippen LogP contribution in [0.5, 0.6) is 0 Å². The second kappa shape index (κ2) is 8.08. The van der Waals surface area contributed by atoms with Crippen molar-refractivity contribution in [3.05, 3.63) is 0 Å². The highest BCUT2D eigenvalue weighted by atomic mass is 15.1. The van der Waals surface area contributed by atoms with Gasteiger partial charge in [-0.25, -0.2) is 0 Å². The summed E-state index contributed by atoms with van der Waals surface area (Å²) in [6.07, 6.45) is 9.85. The van der Waals surface area contributed by atoms with Crippen molar-refractivity contribution in [2.45, 2.75) is 57.9 Å². The van der Waals surface area contributed by atoms with Crippen molar-refractivity contribution >= 4 is 0 Å². The monoisotopic (exact) mass is 226 g/mol. The second-order valence-electron chi connectivity index (χ2n) is 5.55. The molecular formula is C14H30N2. The molecule has 0 aromatic rings. The van der Waals surface area contributed by atoms with Gasteiger partial charge in [0.05, 0.1) is 0 Å². The molecule has 0 radical (unpaired) electrons. The van der Waals surface area contributed by atoms with Crippen molar-refractivity contribution in [3.8, 4) is 0 Å². The molecule has 0 heterocycles. The minimum absolute atomic E-state index is 0.766. The van der Waals surface area contributed by atoms with Crippen molar-refractivity contribution in [1.82, 2.24) is 10.2 Å². The van der Waals surface area contributed by atoms with Crippen molar-refractivity contribution in [3.63, 3.8) is 0 Å². The Bertz CT molecular complexity index is 162. The maximum atomic E-state index is 3.77. The number of hydrogen-bond donors (Lipinski definition) is 1. The third kappa shape index (κ3) is 5.31. The summed E-state index contributed by atoms with van der Waals surface area (Å²) >= 11 is 0. The van der Waals surface area contributed by atoms with Gasteiger partial charge in [-0.15, -0.1) is 0 Å². The summed E-state index contributed by atoms with van der Waals surface area (Å²) in [6.45, 7) is 4.67. The van der Waals surface area contributed by atoms with E-state index in [1.54, 1.807) is 0 Å². The minimum atomic E-state index is 0.766. The predicted octanol–water partition coefficient (Wildman–Crippen LogP) is 2.89. The van der Waals surface area contributed by atoms with E-state index in [9.17, 15) is 0 Å². The van der Waals surface area contributed by atoms with Crippen LogP contribution >= 0.6 is 0 Å². The summed E-state index contributed by atoms with van der Waals surface area (Å²) in [6, 6.07) is 0.766. The van der Waals surface area contributed by atoms with Crippen LogP contribution in [0.4, 0.5) is 0 Å². The molecule has 1 aliphatic rings. The molecule has 96 valence electrons. The fourth-order valence-corrected chi connectivity index (χ4v) is 2.77. The van der Waals surface area contributed by atoms with Gasteiger partial charge in [0.2, 0.25) is 0 Å². The normalized spacial score (nSPS) is 20.2. The molecule has 2 heteroatoms. The quantitative estimate of drug-likeness (QED) is 0.718. The number of nitrogens with one attached hydrogen (secondary N) is 1. The highest BCUT2D eigenvalue weighted by Crippen LogP contribution is 2.27. The molecule has 0 bridgehead atoms. The van der Waals surface area contributed by atoms with Gasteiger partial charge in [0, 0.05) is 6.04 Å². The maximum Gasteiger partial charge on any atom is 0.0107 e. The summed E-state index contributed by atoms with van der Waals surface area (Å²) in [5, 5.41) is 3.77. The smallest absolute Gasteiger partial charge is 0.0107 e. The standard InChI is InChI=1S/C14H30N2/c1-4-11-15-14(10-12-16(2)3)13-8-6-5-7-9-13/h13-15H,4-12H2,1-3H3. The number of rotatable bonds is 7. The predicted molar refractivity (Wildman–Crippen MR) is 71.8 cm³/mol. The molecule has 1 unspecified atom stereocenters. The lowest BCUT2D eigenvalue weighted by molar-refractivity contribution is 0.240. The van der Waals surface area contributed by atoms with Gasteiger partial charge in [0.25, 0.3) is 0 Å². The second-order valence-corrected chi connectivity index (χ2v) is 5.55. The zero-order chi connectivity index (χ0) is 11.8. The SMILES string of the molecule is CCCNC(CCN(C)C)C1CCCCC1. The maximum absolute atomic E-state index is 3.77. The van der Waals surface area contributed by atoms with Crippen LogP contribution in [-0.2, 0) is 0 Å². The zero-order valence-corrected chi connectivity index (χ0v) is 11.5. The summed E-state index contributed by atoms with van der Waals surface area (Å²) in [4.78, 5) is 2.31. The number of nitrogens with zero attached hydrogens (tertiary/aromatic N) is 1. The summed E-state index contributed by atoms with van der Waals surface area (Å²) < 4.78 is 0. The highest BCUT2D eigenvalue weighted by molar-refractivity contribution is 4.79. The fraction of sp³-hybridized carbons (Fsp3) is 1.00. The lowest BCUT2D eigenvalue weighted by Gasteiger charge is -2.32. The van der Waals surface area contributed by atoms with Gasteiger partial charge < -0.3 is 10.2 Å². The lowest BCUT2D eigenvalue weighted by atomic mass is 9.82. The van der Waals surface area contributed by atoms with E-state index in [0.29, 0.717) is 0 Å². The first kappa shape index (κ1) is 14.0. The molecule has 0 saturated heterocycles. The van der Waals surface area contributed by atoms with Crippen molar-refractivity contribution < 1.29 is 0 Å². The van der Waals surface area contributed by atoms with Gasteiger partial charge in [-0.2, -0.15) is 0 Å². The Morgan fingerprint density at radius 2 is 1.88 bits per heavy atom. The van der Waals surface area contributed by atoms with Crippen LogP contribution in [-0.4, -0.2) is 38.1 Å². The Balaban J connectivity index is 2.34. The van der Waals surface area contributed by atoms with Crippen LogP contribution in [0.1, 0.15) is 51.9 Å². The topological polar surface area (TPSA) is 15.3 Å². The summed E-state index contributed by atoms with van der Waals surface area (Å²) in [5.41, 5.74) is 0. The summed E-state index contributed by atoms with van der Waals surface area (Å²) in [7, 11) is 4.36. The number of hydrogen-bond acceptors (Lipinski definition) is 2. The lowest BCUT2D eigenvalue weighted by Crippen LogP contribution is -2.39. The molecule has 0 aromatic heterocycles. The molecule has 0 aliphatic heterocycles. The first-order chi connectivity index (χ1) is 7.74. The van der Waals surface area contributed by atoms with E-state index in [4.69, 9.17) is 0 Å². The Labute approximate surface area is 102 Å². The molecule has 0 spiro atoms. The third-order valence-electron chi connectivity index (χ3n) is 3.76. The molecule has 1 N–H and O–H groups in total. The Morgan fingerprint density at radius 3 is 2.44 bits per heavy atom. The Hall–Kier alpha value is -0.0800. The molecule has 1 rings (SSSR count). The van der Waals surface area contributed by atoms with E-state index < -0.39 is 0 Å². The molecule has 0 amide bonds. The minimum Gasteiger partial charge on any atom is -0.314 e. The van der Waals surface area contributed by atoms with Gasteiger partial charge in [0.15, 0.2) is 0 Å². The molecule has 2 nitrogen and oxygen atoms in total. The van der Waals surface area contributed by atoms with Gasteiger partial charge >= 0.3 is 0 Å². The van der Waals surface area contributed by atoms with Crippen LogP contribution in [0.3, 0.4) is 0 Å². The average Bonchev–Trinajstić information content (AvgIpc) is 2.30. The van der Waals surface area contributed by atoms with Crippen LogP contribution in [0.2, 0.25) is 0 Å². The third-order valence-corrected chi connectivity index (χ3v) is 3.76. The van der Waals surface area contributed by atoms with Crippen molar-refractivity contribution in [1.29, 1.82) is 0 Å². The van der Waals surface area contributed by atoms with E-state index >= 15 is 0 Å². The van der Waals surface area contributed by atoms with E-state index in [1.807, 2.05) is 0 Å². The van der Waals surface area contributed by atoms with Crippen LogP contribution < -0.4 is 5.32 Å². The van der Waals surface area contributed by atoms with E-state index in [2.05, 4.69) is 31.2 Å². The van der Waals surface area contributed by atoms with Crippen LogP contribution in [0.15, 0.2) is 0 Å². The van der Waals surface area contributed by atoms with Crippen LogP contribution in [0.25, 0.3) is 0 Å². The van der Waals surface area contributed by atoms with Crippen molar-refractivity contribution in [2.24, 2.45) is 5.92 Å². The Morgan fingerprint density at radius 1 is 1.19 bits per heavy atom. The van der Waals surface area contributed by atoms with E-state index in [0.717, 1.165) is 12.0 Å². The van der Waals surface area contributed by atoms with Crippen LogP contribution in [0, 0.1) is 5.92 Å². The van der Waals surface area contributed by atoms with Gasteiger partial charge in [-0.05, 0) is 58.8 Å². The van der Waals surface area contributed by atoms with E-state index in [-0.39, 0.29) is 0 Å². The molecular weight excluding hydrogens is 196 g/mol. The van der Waals surface area contributed by atoms with E-state index in [1.165, 1.54) is 58.0 Å². The first-order valence-corrected chi connectivity index (χ1v) is 7.12. The molecule has 1 saturated carbocycles. The molecule has 1 aliphatic carbocycles. The first-order valence-electron chi connectivity index (χ1n) is 7.12. The molecule has 16 heavy (non-hydrogen) atoms. The average molecular weight is 226 g/mol. The zero-order valence-electron chi connectivity index (χ0n) is 11.5. The highest BCUT2D eigenvalue weighted by Gasteiger charge is 2.22. The Kier molecular flexibility index (Phi) is 7.06. The van der Waals surface area contributed by atoms with Gasteiger partial charge in [0.1, 0.15) is 0 Å². The van der Waals surface area contributed by atoms with Gasteiger partial charge in [-0.3, -0.25) is 0 Å². The van der Waals surface area contributed by atoms with Crippen molar-refractivity contribution in [2.75, 3.05) is 27.2 Å². The van der Waals surface area contributed by atoms with Gasteiger partial charge in [-0.1, -0.05) is 26.2 Å². The molecule has 1 fully saturated rings.